The molecule has 3 nitrogen and oxygen atoms in total. The fraction of sp³-hybridized carbons (Fsp3) is 1.00. The Morgan fingerprint density at radius 2 is 1.78 bits per heavy atom. The molecule has 2 aliphatic carbocycles. The summed E-state index contributed by atoms with van der Waals surface area (Å²) in [6, 6.07) is 1.44. The predicted molar refractivity (Wildman–Crippen MR) is 73.6 cm³/mol. The zero-order valence-electron chi connectivity index (χ0n) is 11.6. The van der Waals surface area contributed by atoms with E-state index in [0.717, 1.165) is 18.4 Å². The van der Waals surface area contributed by atoms with Crippen molar-refractivity contribution in [2.45, 2.75) is 57.0 Å². The Morgan fingerprint density at radius 3 is 2.44 bits per heavy atom. The maximum atomic E-state index is 9.31. The minimum atomic E-state index is 0.352. The van der Waals surface area contributed by atoms with E-state index in [9.17, 15) is 5.11 Å². The summed E-state index contributed by atoms with van der Waals surface area (Å²) in [7, 11) is 0. The molecule has 1 N–H and O–H groups in total. The molecule has 0 radical (unpaired) electrons. The molecule has 18 heavy (non-hydrogen) atoms. The van der Waals surface area contributed by atoms with Gasteiger partial charge in [-0.25, -0.2) is 0 Å². The zero-order valence-corrected chi connectivity index (χ0v) is 11.6. The molecule has 3 aliphatic rings. The summed E-state index contributed by atoms with van der Waals surface area (Å²) in [5.74, 6) is 0.998. The quantitative estimate of drug-likeness (QED) is 0.807. The first-order valence-electron chi connectivity index (χ1n) is 7.96. The van der Waals surface area contributed by atoms with Gasteiger partial charge >= 0.3 is 0 Å². The maximum Gasteiger partial charge on any atom is 0.0446 e. The largest absolute Gasteiger partial charge is 0.396 e. The van der Waals surface area contributed by atoms with Gasteiger partial charge in [0, 0.05) is 44.9 Å². The highest BCUT2D eigenvalue weighted by molar-refractivity contribution is 4.90. The Labute approximate surface area is 111 Å². The fourth-order valence-corrected chi connectivity index (χ4v) is 3.89. The van der Waals surface area contributed by atoms with Crippen LogP contribution in [0.2, 0.25) is 0 Å². The molecule has 1 saturated heterocycles. The van der Waals surface area contributed by atoms with Crippen LogP contribution in [0.25, 0.3) is 0 Å². The van der Waals surface area contributed by atoms with Gasteiger partial charge in [0.25, 0.3) is 0 Å². The molecular formula is C15H28N2O. The molecule has 3 heteroatoms. The van der Waals surface area contributed by atoms with Gasteiger partial charge in [-0.1, -0.05) is 12.8 Å². The molecule has 0 amide bonds. The number of aliphatic hydroxyl groups excluding tert-OH is 1. The van der Waals surface area contributed by atoms with E-state index >= 15 is 0 Å². The van der Waals surface area contributed by atoms with Gasteiger partial charge in [0.15, 0.2) is 0 Å². The maximum absolute atomic E-state index is 9.31. The topological polar surface area (TPSA) is 26.7 Å². The Kier molecular flexibility index (Phi) is 4.22. The van der Waals surface area contributed by atoms with E-state index in [2.05, 4.69) is 9.80 Å². The average molecular weight is 252 g/mol. The molecule has 104 valence electrons. The van der Waals surface area contributed by atoms with Crippen LogP contribution in [0.1, 0.15) is 44.9 Å². The van der Waals surface area contributed by atoms with E-state index in [0.29, 0.717) is 12.6 Å². The van der Waals surface area contributed by atoms with E-state index in [4.69, 9.17) is 0 Å². The highest BCUT2D eigenvalue weighted by Gasteiger charge is 2.34. The molecule has 1 atom stereocenters. The van der Waals surface area contributed by atoms with E-state index in [1.165, 1.54) is 64.7 Å². The minimum Gasteiger partial charge on any atom is -0.396 e. The summed E-state index contributed by atoms with van der Waals surface area (Å²) in [5.41, 5.74) is 0. The molecule has 1 unspecified atom stereocenters. The van der Waals surface area contributed by atoms with Crippen molar-refractivity contribution in [1.82, 2.24) is 9.80 Å². The third kappa shape index (κ3) is 3.06. The van der Waals surface area contributed by atoms with Crippen molar-refractivity contribution in [3.63, 3.8) is 0 Å². The molecule has 0 bridgehead atoms. The smallest absolute Gasteiger partial charge is 0.0446 e. The van der Waals surface area contributed by atoms with Gasteiger partial charge in [-0.2, -0.15) is 0 Å². The van der Waals surface area contributed by atoms with Crippen molar-refractivity contribution in [3.05, 3.63) is 0 Å². The summed E-state index contributed by atoms with van der Waals surface area (Å²) in [6.45, 7) is 5.37. The van der Waals surface area contributed by atoms with Crippen LogP contribution in [0, 0.1) is 5.92 Å². The van der Waals surface area contributed by atoms with Gasteiger partial charge in [-0.05, 0) is 38.0 Å². The summed E-state index contributed by atoms with van der Waals surface area (Å²) < 4.78 is 0. The lowest BCUT2D eigenvalue weighted by molar-refractivity contribution is 0.0282. The Balaban J connectivity index is 1.56. The first kappa shape index (κ1) is 12.9. The first-order chi connectivity index (χ1) is 8.86. The lowest BCUT2D eigenvalue weighted by Gasteiger charge is -2.44. The van der Waals surface area contributed by atoms with Gasteiger partial charge in [-0.3, -0.25) is 4.90 Å². The number of rotatable bonds is 5. The van der Waals surface area contributed by atoms with Crippen molar-refractivity contribution in [3.8, 4) is 0 Å². The van der Waals surface area contributed by atoms with Crippen LogP contribution in [0.3, 0.4) is 0 Å². The monoisotopic (exact) mass is 252 g/mol. The van der Waals surface area contributed by atoms with Crippen LogP contribution >= 0.6 is 0 Å². The fourth-order valence-electron chi connectivity index (χ4n) is 3.89. The van der Waals surface area contributed by atoms with Gasteiger partial charge < -0.3 is 10.0 Å². The molecule has 2 saturated carbocycles. The van der Waals surface area contributed by atoms with Crippen molar-refractivity contribution >= 4 is 0 Å². The van der Waals surface area contributed by atoms with Gasteiger partial charge in [-0.15, -0.1) is 0 Å². The van der Waals surface area contributed by atoms with E-state index < -0.39 is 0 Å². The van der Waals surface area contributed by atoms with E-state index in [-0.39, 0.29) is 0 Å². The first-order valence-corrected chi connectivity index (χ1v) is 7.96. The van der Waals surface area contributed by atoms with Gasteiger partial charge in [0.2, 0.25) is 0 Å². The normalized spacial score (nSPS) is 32.2. The van der Waals surface area contributed by atoms with Crippen LogP contribution in [0.5, 0.6) is 0 Å². The molecule has 0 spiro atoms. The van der Waals surface area contributed by atoms with Crippen LogP contribution < -0.4 is 0 Å². The second kappa shape index (κ2) is 5.89. The van der Waals surface area contributed by atoms with Crippen molar-refractivity contribution in [2.24, 2.45) is 5.92 Å². The third-order valence-corrected chi connectivity index (χ3v) is 5.08. The standard InChI is InChI=1S/C15H28N2O/c18-10-7-15-12-16(11-13-5-6-13)8-9-17(15)14-3-1-2-4-14/h13-15,18H,1-12H2. The Bertz CT molecular complexity index is 261. The van der Waals surface area contributed by atoms with E-state index in [1.807, 2.05) is 0 Å². The molecule has 1 heterocycles. The van der Waals surface area contributed by atoms with Crippen molar-refractivity contribution < 1.29 is 5.11 Å². The van der Waals surface area contributed by atoms with Crippen molar-refractivity contribution in [2.75, 3.05) is 32.8 Å². The third-order valence-electron chi connectivity index (χ3n) is 5.08. The van der Waals surface area contributed by atoms with Gasteiger partial charge in [0.1, 0.15) is 0 Å². The summed E-state index contributed by atoms with van der Waals surface area (Å²) >= 11 is 0. The highest BCUT2D eigenvalue weighted by Crippen LogP contribution is 2.32. The molecule has 1 aliphatic heterocycles. The number of hydrogen-bond acceptors (Lipinski definition) is 3. The summed E-state index contributed by atoms with van der Waals surface area (Å²) in [6.07, 6.45) is 9.49. The Hall–Kier alpha value is -0.120. The second-order valence-corrected chi connectivity index (χ2v) is 6.55. The number of piperazine rings is 1. The zero-order chi connectivity index (χ0) is 12.4. The van der Waals surface area contributed by atoms with Crippen molar-refractivity contribution in [1.29, 1.82) is 0 Å². The lowest BCUT2D eigenvalue weighted by atomic mass is 10.0. The number of nitrogens with zero attached hydrogens (tertiary/aromatic N) is 2. The summed E-state index contributed by atoms with van der Waals surface area (Å²) in [4.78, 5) is 5.38. The molecule has 0 aromatic heterocycles. The molecule has 3 rings (SSSR count). The lowest BCUT2D eigenvalue weighted by Crippen LogP contribution is -2.56. The van der Waals surface area contributed by atoms with Crippen LogP contribution in [-0.2, 0) is 0 Å². The molecule has 3 fully saturated rings. The van der Waals surface area contributed by atoms with Gasteiger partial charge in [0.05, 0.1) is 0 Å². The van der Waals surface area contributed by atoms with Crippen LogP contribution in [-0.4, -0.2) is 59.8 Å². The Morgan fingerprint density at radius 1 is 1.00 bits per heavy atom. The molecular weight excluding hydrogens is 224 g/mol. The van der Waals surface area contributed by atoms with E-state index in [1.54, 1.807) is 0 Å². The predicted octanol–water partition coefficient (Wildman–Crippen LogP) is 1.71. The highest BCUT2D eigenvalue weighted by atomic mass is 16.3. The average Bonchev–Trinajstić information content (AvgIpc) is 3.02. The SMILES string of the molecule is OCCC1CN(CC2CC2)CCN1C1CCCC1. The second-order valence-electron chi connectivity index (χ2n) is 6.55. The number of hydrogen-bond donors (Lipinski definition) is 1. The van der Waals surface area contributed by atoms with Crippen LogP contribution in [0.4, 0.5) is 0 Å². The summed E-state index contributed by atoms with van der Waals surface area (Å²) in [5, 5.41) is 9.31. The van der Waals surface area contributed by atoms with Crippen LogP contribution in [0.15, 0.2) is 0 Å². The molecule has 0 aromatic rings. The number of aliphatic hydroxyl groups is 1. The minimum absolute atomic E-state index is 0.352. The molecule has 0 aromatic carbocycles.